The van der Waals surface area contributed by atoms with Gasteiger partial charge in [-0.25, -0.2) is 4.79 Å². The van der Waals surface area contributed by atoms with E-state index in [0.717, 1.165) is 4.47 Å². The van der Waals surface area contributed by atoms with E-state index in [1.54, 1.807) is 24.3 Å². The molecule has 1 aromatic rings. The number of carboxylic acid groups (broad SMARTS) is 1. The predicted octanol–water partition coefficient (Wildman–Crippen LogP) is 3.37. The normalized spacial score (nSPS) is 13.8. The lowest BCUT2D eigenvalue weighted by Crippen LogP contribution is -2.34. The summed E-state index contributed by atoms with van der Waals surface area (Å²) in [4.78, 5) is 23.2. The van der Waals surface area contributed by atoms with Crippen LogP contribution < -0.4 is 5.32 Å². The standard InChI is InChI=1S/C15H20BrNO3/c1-9(2)10(3)8-13(18)17-14(15(19)20)11-4-6-12(16)7-5-11/h4-7,9-10,14H,8H2,1-3H3,(H,17,18)(H,19,20). The van der Waals surface area contributed by atoms with E-state index in [1.165, 1.54) is 0 Å². The van der Waals surface area contributed by atoms with Crippen LogP contribution in [0.3, 0.4) is 0 Å². The van der Waals surface area contributed by atoms with Crippen LogP contribution in [0.2, 0.25) is 0 Å². The van der Waals surface area contributed by atoms with E-state index < -0.39 is 12.0 Å². The first-order valence-corrected chi connectivity index (χ1v) is 7.38. The molecule has 20 heavy (non-hydrogen) atoms. The summed E-state index contributed by atoms with van der Waals surface area (Å²) >= 11 is 3.30. The third-order valence-corrected chi connectivity index (χ3v) is 3.93. The van der Waals surface area contributed by atoms with Crippen LogP contribution in [0.4, 0.5) is 0 Å². The first kappa shape index (κ1) is 16.7. The third-order valence-electron chi connectivity index (χ3n) is 3.40. The van der Waals surface area contributed by atoms with Crippen molar-refractivity contribution in [3.63, 3.8) is 0 Å². The number of halogens is 1. The summed E-state index contributed by atoms with van der Waals surface area (Å²) in [6, 6.07) is 5.89. The summed E-state index contributed by atoms with van der Waals surface area (Å²) < 4.78 is 0.866. The molecule has 0 fully saturated rings. The second kappa shape index (κ2) is 7.43. The molecule has 110 valence electrons. The van der Waals surface area contributed by atoms with Gasteiger partial charge in [0.05, 0.1) is 0 Å². The highest BCUT2D eigenvalue weighted by Gasteiger charge is 2.23. The van der Waals surface area contributed by atoms with E-state index in [2.05, 4.69) is 21.2 Å². The lowest BCUT2D eigenvalue weighted by molar-refractivity contribution is -0.142. The second-order valence-corrected chi connectivity index (χ2v) is 6.23. The fourth-order valence-corrected chi connectivity index (χ4v) is 1.96. The van der Waals surface area contributed by atoms with E-state index in [9.17, 15) is 14.7 Å². The van der Waals surface area contributed by atoms with Gasteiger partial charge in [-0.15, -0.1) is 0 Å². The monoisotopic (exact) mass is 341 g/mol. The number of carbonyl (C=O) groups is 2. The van der Waals surface area contributed by atoms with E-state index in [4.69, 9.17) is 0 Å². The molecule has 0 radical (unpaired) electrons. The highest BCUT2D eigenvalue weighted by atomic mass is 79.9. The maximum absolute atomic E-state index is 11.9. The number of aliphatic carboxylic acids is 1. The molecule has 2 N–H and O–H groups in total. The first-order valence-electron chi connectivity index (χ1n) is 6.59. The van der Waals surface area contributed by atoms with Gasteiger partial charge >= 0.3 is 5.97 Å². The molecule has 0 saturated carbocycles. The van der Waals surface area contributed by atoms with Gasteiger partial charge in [-0.1, -0.05) is 48.8 Å². The van der Waals surface area contributed by atoms with Crippen LogP contribution in [0.5, 0.6) is 0 Å². The zero-order chi connectivity index (χ0) is 15.3. The number of carbonyl (C=O) groups excluding carboxylic acids is 1. The van der Waals surface area contributed by atoms with Crippen molar-refractivity contribution >= 4 is 27.8 Å². The summed E-state index contributed by atoms with van der Waals surface area (Å²) in [5.74, 6) is -0.689. The molecule has 0 heterocycles. The Balaban J connectivity index is 2.76. The van der Waals surface area contributed by atoms with Crippen LogP contribution in [-0.2, 0) is 9.59 Å². The molecule has 0 bridgehead atoms. The van der Waals surface area contributed by atoms with Gasteiger partial charge in [0.1, 0.15) is 0 Å². The van der Waals surface area contributed by atoms with Crippen molar-refractivity contribution in [3.05, 3.63) is 34.3 Å². The summed E-state index contributed by atoms with van der Waals surface area (Å²) in [5.41, 5.74) is 0.561. The SMILES string of the molecule is CC(C)C(C)CC(=O)NC(C(=O)O)c1ccc(Br)cc1. The van der Waals surface area contributed by atoms with Crippen molar-refractivity contribution < 1.29 is 14.7 Å². The first-order chi connectivity index (χ1) is 9.31. The van der Waals surface area contributed by atoms with Crippen LogP contribution in [-0.4, -0.2) is 17.0 Å². The lowest BCUT2D eigenvalue weighted by atomic mass is 9.94. The zero-order valence-corrected chi connectivity index (χ0v) is 13.5. The van der Waals surface area contributed by atoms with Gasteiger partial charge in [-0.2, -0.15) is 0 Å². The largest absolute Gasteiger partial charge is 0.479 e. The summed E-state index contributed by atoms with van der Waals surface area (Å²) in [5, 5.41) is 11.8. The Labute approximate surface area is 127 Å². The maximum Gasteiger partial charge on any atom is 0.330 e. The van der Waals surface area contributed by atoms with Gasteiger partial charge < -0.3 is 10.4 Å². The second-order valence-electron chi connectivity index (χ2n) is 5.32. The Kier molecular flexibility index (Phi) is 6.20. The quantitative estimate of drug-likeness (QED) is 0.833. The molecule has 2 unspecified atom stereocenters. The molecule has 4 nitrogen and oxygen atoms in total. The van der Waals surface area contributed by atoms with Crippen molar-refractivity contribution in [1.82, 2.24) is 5.32 Å². The number of nitrogens with one attached hydrogen (secondary N) is 1. The Morgan fingerprint density at radius 2 is 1.75 bits per heavy atom. The number of hydrogen-bond acceptors (Lipinski definition) is 2. The van der Waals surface area contributed by atoms with Crippen LogP contribution in [0.1, 0.15) is 38.8 Å². The fraction of sp³-hybridized carbons (Fsp3) is 0.467. The van der Waals surface area contributed by atoms with Crippen LogP contribution in [0.25, 0.3) is 0 Å². The average molecular weight is 342 g/mol. The van der Waals surface area contributed by atoms with Crippen molar-refractivity contribution in [1.29, 1.82) is 0 Å². The smallest absolute Gasteiger partial charge is 0.330 e. The van der Waals surface area contributed by atoms with Crippen molar-refractivity contribution in [3.8, 4) is 0 Å². The fourth-order valence-electron chi connectivity index (χ4n) is 1.69. The Morgan fingerprint density at radius 3 is 2.20 bits per heavy atom. The summed E-state index contributed by atoms with van der Waals surface area (Å²) in [6.45, 7) is 6.07. The molecule has 0 aliphatic carbocycles. The molecule has 0 saturated heterocycles. The number of benzene rings is 1. The molecule has 0 aromatic heterocycles. The zero-order valence-electron chi connectivity index (χ0n) is 11.9. The van der Waals surface area contributed by atoms with Gasteiger partial charge in [-0.05, 0) is 29.5 Å². The maximum atomic E-state index is 11.9. The van der Waals surface area contributed by atoms with E-state index in [-0.39, 0.29) is 11.8 Å². The van der Waals surface area contributed by atoms with Crippen molar-refractivity contribution in [2.75, 3.05) is 0 Å². The number of rotatable bonds is 6. The molecular weight excluding hydrogens is 322 g/mol. The molecule has 0 aliphatic heterocycles. The van der Waals surface area contributed by atoms with Crippen LogP contribution in [0.15, 0.2) is 28.7 Å². The highest BCUT2D eigenvalue weighted by Crippen LogP contribution is 2.19. The molecule has 1 rings (SSSR count). The average Bonchev–Trinajstić information content (AvgIpc) is 2.36. The minimum absolute atomic E-state index is 0.217. The van der Waals surface area contributed by atoms with Crippen LogP contribution >= 0.6 is 15.9 Å². The lowest BCUT2D eigenvalue weighted by Gasteiger charge is -2.18. The van der Waals surface area contributed by atoms with Crippen molar-refractivity contribution in [2.24, 2.45) is 11.8 Å². The molecule has 0 aliphatic rings. The number of carboxylic acids is 1. The molecule has 5 heteroatoms. The Morgan fingerprint density at radius 1 is 1.20 bits per heavy atom. The Hall–Kier alpha value is -1.36. The number of amides is 1. The summed E-state index contributed by atoms with van der Waals surface area (Å²) in [7, 11) is 0. The molecular formula is C15H20BrNO3. The van der Waals surface area contributed by atoms with Crippen LogP contribution in [0, 0.1) is 11.8 Å². The third kappa shape index (κ3) is 4.96. The molecule has 2 atom stereocenters. The van der Waals surface area contributed by atoms with Gasteiger partial charge in [0.15, 0.2) is 6.04 Å². The van der Waals surface area contributed by atoms with Gasteiger partial charge in [0.25, 0.3) is 0 Å². The Bertz CT molecular complexity index is 471. The van der Waals surface area contributed by atoms with E-state index in [1.807, 2.05) is 20.8 Å². The minimum atomic E-state index is -1.06. The highest BCUT2D eigenvalue weighted by molar-refractivity contribution is 9.10. The molecule has 0 spiro atoms. The minimum Gasteiger partial charge on any atom is -0.479 e. The molecule has 1 aromatic carbocycles. The van der Waals surface area contributed by atoms with E-state index in [0.29, 0.717) is 17.9 Å². The summed E-state index contributed by atoms with van der Waals surface area (Å²) in [6.07, 6.45) is 0.331. The van der Waals surface area contributed by atoms with E-state index >= 15 is 0 Å². The topological polar surface area (TPSA) is 66.4 Å². The van der Waals surface area contributed by atoms with Crippen molar-refractivity contribution in [2.45, 2.75) is 33.2 Å². The molecule has 1 amide bonds. The van der Waals surface area contributed by atoms with Gasteiger partial charge in [0, 0.05) is 10.9 Å². The number of hydrogen-bond donors (Lipinski definition) is 2. The predicted molar refractivity (Wildman–Crippen MR) is 81.3 cm³/mol. The van der Waals surface area contributed by atoms with Gasteiger partial charge in [0.2, 0.25) is 5.91 Å². The van der Waals surface area contributed by atoms with Gasteiger partial charge in [-0.3, -0.25) is 4.79 Å².